The quantitative estimate of drug-likeness (QED) is 0.426. The molecule has 1 aromatic heterocycles. The first-order valence-corrected chi connectivity index (χ1v) is 10.4. The lowest BCUT2D eigenvalue weighted by Crippen LogP contribution is -2.25. The van der Waals surface area contributed by atoms with Gasteiger partial charge in [-0.05, 0) is 70.3 Å². The van der Waals surface area contributed by atoms with Crippen LogP contribution in [-0.2, 0) is 5.41 Å². The van der Waals surface area contributed by atoms with Crippen molar-refractivity contribution < 1.29 is 5.11 Å². The van der Waals surface area contributed by atoms with Gasteiger partial charge in [0.1, 0.15) is 16.8 Å². The molecule has 1 heterocycles. The Morgan fingerprint density at radius 3 is 2.10 bits per heavy atom. The zero-order valence-electron chi connectivity index (χ0n) is 18.3. The first-order valence-electron chi connectivity index (χ1n) is 10.4. The minimum Gasteiger partial charge on any atom is -0.508 e. The molecule has 0 bridgehead atoms. The highest BCUT2D eigenvalue weighted by atomic mass is 16.3. The van der Waals surface area contributed by atoms with E-state index in [1.165, 1.54) is 11.1 Å². The Balaban J connectivity index is 1.93. The second-order valence-corrected chi connectivity index (χ2v) is 9.88. The van der Waals surface area contributed by atoms with Crippen molar-refractivity contribution in [1.29, 1.82) is 0 Å². The van der Waals surface area contributed by atoms with Crippen LogP contribution in [0.5, 0.6) is 5.75 Å². The van der Waals surface area contributed by atoms with Crippen LogP contribution in [0.2, 0.25) is 0 Å². The van der Waals surface area contributed by atoms with Crippen LogP contribution in [0.1, 0.15) is 46.6 Å². The average molecular weight is 400 g/mol. The lowest BCUT2D eigenvalue weighted by Gasteiger charge is -2.33. The average Bonchev–Trinajstić information content (AvgIpc) is 3.10. The van der Waals surface area contributed by atoms with E-state index in [1.807, 2.05) is 18.2 Å². The number of hydrogen-bond acceptors (Lipinski definition) is 3. The van der Waals surface area contributed by atoms with Crippen LogP contribution in [0.15, 0.2) is 66.7 Å². The second-order valence-electron chi connectivity index (χ2n) is 9.88. The Morgan fingerprint density at radius 2 is 1.47 bits per heavy atom. The van der Waals surface area contributed by atoms with E-state index in [4.69, 9.17) is 10.2 Å². The van der Waals surface area contributed by atoms with E-state index in [0.29, 0.717) is 0 Å². The maximum absolute atomic E-state index is 9.61. The standard InChI is InChI=1S/C26H29N3O/c1-25(2,3)17-26(4,5)22-15-19(18-9-7-6-8-10-18)16-23-24(22)28-29(27-23)20-11-13-21(30)14-12-20/h6-16,30H,17H2,1-5H3. The molecule has 4 aromatic rings. The predicted octanol–water partition coefficient (Wildman–Crippen LogP) is 6.51. The molecule has 4 nitrogen and oxygen atoms in total. The monoisotopic (exact) mass is 399 g/mol. The molecule has 4 heteroatoms. The number of phenolic OH excluding ortho intramolecular Hbond substituents is 1. The van der Waals surface area contributed by atoms with Crippen molar-refractivity contribution >= 4 is 11.0 Å². The second kappa shape index (κ2) is 7.28. The minimum atomic E-state index is -0.0723. The molecule has 0 spiro atoms. The largest absolute Gasteiger partial charge is 0.508 e. The molecule has 0 aliphatic rings. The van der Waals surface area contributed by atoms with Gasteiger partial charge in [-0.15, -0.1) is 10.2 Å². The minimum absolute atomic E-state index is 0.0723. The molecule has 0 saturated carbocycles. The molecule has 1 N–H and O–H groups in total. The van der Waals surface area contributed by atoms with Gasteiger partial charge in [-0.1, -0.05) is 65.0 Å². The normalized spacial score (nSPS) is 12.4. The zero-order valence-corrected chi connectivity index (χ0v) is 18.3. The first kappa shape index (κ1) is 20.1. The lowest BCUT2D eigenvalue weighted by molar-refractivity contribution is 0.285. The van der Waals surface area contributed by atoms with Gasteiger partial charge in [-0.2, -0.15) is 4.80 Å². The maximum Gasteiger partial charge on any atom is 0.117 e. The summed E-state index contributed by atoms with van der Waals surface area (Å²) in [5.74, 6) is 0.230. The van der Waals surface area contributed by atoms with E-state index in [9.17, 15) is 5.11 Å². The van der Waals surface area contributed by atoms with E-state index in [2.05, 4.69) is 71.0 Å². The molecule has 4 rings (SSSR count). The number of fused-ring (bicyclic) bond motifs is 1. The summed E-state index contributed by atoms with van der Waals surface area (Å²) >= 11 is 0. The van der Waals surface area contributed by atoms with Crippen LogP contribution >= 0.6 is 0 Å². The summed E-state index contributed by atoms with van der Waals surface area (Å²) in [7, 11) is 0. The highest BCUT2D eigenvalue weighted by Crippen LogP contribution is 2.40. The molecular weight excluding hydrogens is 370 g/mol. The first-order chi connectivity index (χ1) is 14.1. The highest BCUT2D eigenvalue weighted by Gasteiger charge is 2.30. The van der Waals surface area contributed by atoms with Crippen molar-refractivity contribution in [3.8, 4) is 22.6 Å². The number of rotatable bonds is 4. The lowest BCUT2D eigenvalue weighted by atomic mass is 9.71. The van der Waals surface area contributed by atoms with Gasteiger partial charge in [0, 0.05) is 0 Å². The summed E-state index contributed by atoms with van der Waals surface area (Å²) in [5, 5.41) is 19.3. The van der Waals surface area contributed by atoms with Gasteiger partial charge in [0.05, 0.1) is 5.69 Å². The van der Waals surface area contributed by atoms with Crippen molar-refractivity contribution in [2.45, 2.75) is 46.5 Å². The Bertz CT molecular complexity index is 1170. The van der Waals surface area contributed by atoms with Gasteiger partial charge in [-0.3, -0.25) is 0 Å². The maximum atomic E-state index is 9.61. The van der Waals surface area contributed by atoms with Crippen LogP contribution in [0.4, 0.5) is 0 Å². The van der Waals surface area contributed by atoms with Crippen LogP contribution < -0.4 is 0 Å². The molecule has 0 aliphatic heterocycles. The van der Waals surface area contributed by atoms with Crippen molar-refractivity contribution in [2.24, 2.45) is 5.41 Å². The fourth-order valence-electron chi connectivity index (χ4n) is 4.46. The Morgan fingerprint density at radius 1 is 0.800 bits per heavy atom. The van der Waals surface area contributed by atoms with Gasteiger partial charge in [0.25, 0.3) is 0 Å². The molecule has 3 aromatic carbocycles. The molecule has 0 fully saturated rings. The van der Waals surface area contributed by atoms with Gasteiger partial charge >= 0.3 is 0 Å². The van der Waals surface area contributed by atoms with E-state index in [0.717, 1.165) is 28.7 Å². The van der Waals surface area contributed by atoms with Crippen LogP contribution in [0.3, 0.4) is 0 Å². The van der Waals surface area contributed by atoms with Gasteiger partial charge in [0.15, 0.2) is 0 Å². The van der Waals surface area contributed by atoms with Crippen LogP contribution in [0, 0.1) is 5.41 Å². The van der Waals surface area contributed by atoms with E-state index < -0.39 is 0 Å². The van der Waals surface area contributed by atoms with Crippen molar-refractivity contribution in [3.05, 3.63) is 72.3 Å². The molecule has 0 amide bonds. The Labute approximate surface area is 178 Å². The topological polar surface area (TPSA) is 50.9 Å². The summed E-state index contributed by atoms with van der Waals surface area (Å²) in [6.07, 6.45) is 1.03. The third-order valence-electron chi connectivity index (χ3n) is 5.38. The molecule has 0 unspecified atom stereocenters. The molecule has 0 atom stereocenters. The van der Waals surface area contributed by atoms with Gasteiger partial charge in [0.2, 0.25) is 0 Å². The summed E-state index contributed by atoms with van der Waals surface area (Å²) in [6.45, 7) is 11.4. The van der Waals surface area contributed by atoms with Crippen LogP contribution in [-0.4, -0.2) is 20.1 Å². The SMILES string of the molecule is CC(C)(C)CC(C)(C)c1cc(-c2ccccc2)cc2nn(-c3ccc(O)cc3)nc12. The third kappa shape index (κ3) is 4.09. The smallest absolute Gasteiger partial charge is 0.117 e. The fraction of sp³-hybridized carbons (Fsp3) is 0.308. The number of nitrogens with zero attached hydrogens (tertiary/aromatic N) is 3. The molecule has 0 radical (unpaired) electrons. The summed E-state index contributed by atoms with van der Waals surface area (Å²) in [6, 6.07) is 21.8. The zero-order chi connectivity index (χ0) is 21.5. The number of hydrogen-bond donors (Lipinski definition) is 1. The van der Waals surface area contributed by atoms with Crippen LogP contribution in [0.25, 0.3) is 27.8 Å². The predicted molar refractivity (Wildman–Crippen MR) is 123 cm³/mol. The highest BCUT2D eigenvalue weighted by molar-refractivity contribution is 5.85. The Hall–Kier alpha value is -3.14. The summed E-state index contributed by atoms with van der Waals surface area (Å²) < 4.78 is 0. The molecule has 0 saturated heterocycles. The fourth-order valence-corrected chi connectivity index (χ4v) is 4.46. The summed E-state index contributed by atoms with van der Waals surface area (Å²) in [5.41, 5.74) is 6.27. The van der Waals surface area contributed by atoms with Crippen molar-refractivity contribution in [2.75, 3.05) is 0 Å². The van der Waals surface area contributed by atoms with Crippen molar-refractivity contribution in [3.63, 3.8) is 0 Å². The van der Waals surface area contributed by atoms with Gasteiger partial charge < -0.3 is 5.11 Å². The molecule has 0 aliphatic carbocycles. The van der Waals surface area contributed by atoms with Crippen molar-refractivity contribution in [1.82, 2.24) is 15.0 Å². The Kier molecular flexibility index (Phi) is 4.89. The van der Waals surface area contributed by atoms with Gasteiger partial charge in [-0.25, -0.2) is 0 Å². The molecular formula is C26H29N3O. The number of phenols is 1. The summed E-state index contributed by atoms with van der Waals surface area (Å²) in [4.78, 5) is 1.66. The number of aromatic nitrogens is 3. The molecule has 30 heavy (non-hydrogen) atoms. The van der Waals surface area contributed by atoms with E-state index >= 15 is 0 Å². The third-order valence-corrected chi connectivity index (χ3v) is 5.38. The number of benzene rings is 3. The molecule has 154 valence electrons. The number of aromatic hydroxyl groups is 1. The van der Waals surface area contributed by atoms with E-state index in [1.54, 1.807) is 16.9 Å². The van der Waals surface area contributed by atoms with E-state index in [-0.39, 0.29) is 16.6 Å².